The summed E-state index contributed by atoms with van der Waals surface area (Å²) in [5.74, 6) is -0.312. The highest BCUT2D eigenvalue weighted by Crippen LogP contribution is 2.15. The largest absolute Gasteiger partial charge is 0.444 e. The Labute approximate surface area is 144 Å². The normalized spacial score (nSPS) is 16.8. The van der Waals surface area contributed by atoms with Gasteiger partial charge in [0.1, 0.15) is 0 Å². The molecule has 1 aromatic rings. The number of amides is 2. The maximum absolute atomic E-state index is 12.1. The van der Waals surface area contributed by atoms with Gasteiger partial charge in [-0.3, -0.25) is 14.5 Å². The van der Waals surface area contributed by atoms with E-state index in [0.29, 0.717) is 11.2 Å². The molecule has 23 heavy (non-hydrogen) atoms. The van der Waals surface area contributed by atoms with Crippen molar-refractivity contribution < 1.29 is 18.7 Å². The summed E-state index contributed by atoms with van der Waals surface area (Å²) >= 11 is 3.15. The maximum atomic E-state index is 12.1. The molecule has 1 aromatic heterocycles. The van der Waals surface area contributed by atoms with E-state index < -0.39 is 0 Å². The van der Waals surface area contributed by atoms with Crippen LogP contribution in [0.5, 0.6) is 0 Å². The lowest BCUT2D eigenvalue weighted by molar-refractivity contribution is -0.121. The second-order valence-corrected chi connectivity index (χ2v) is 6.35. The molecular weight excluding hydrogens is 366 g/mol. The molecule has 0 aliphatic carbocycles. The molecule has 0 radical (unpaired) electrons. The van der Waals surface area contributed by atoms with Gasteiger partial charge >= 0.3 is 0 Å². The summed E-state index contributed by atoms with van der Waals surface area (Å²) in [6.45, 7) is 5.83. The number of likely N-dealkylation sites (N-methyl/N-ethyl adjacent to an activating group) is 1. The fraction of sp³-hybridized carbons (Fsp3) is 0.600. The van der Waals surface area contributed by atoms with Gasteiger partial charge in [-0.15, -0.1) is 0 Å². The summed E-state index contributed by atoms with van der Waals surface area (Å²) in [5.41, 5.74) is 0. The SMILES string of the molecule is CC(CNC(=O)CN(C)C(=O)c1ccc(Br)o1)N1CCOCC1. The topological polar surface area (TPSA) is 75.0 Å². The first kappa shape index (κ1) is 18.0. The first-order valence-corrected chi connectivity index (χ1v) is 8.36. The summed E-state index contributed by atoms with van der Waals surface area (Å²) in [5, 5.41) is 2.87. The average Bonchev–Trinajstić information content (AvgIpc) is 2.99. The summed E-state index contributed by atoms with van der Waals surface area (Å²) in [6.07, 6.45) is 0. The van der Waals surface area contributed by atoms with Crippen LogP contribution >= 0.6 is 15.9 Å². The van der Waals surface area contributed by atoms with Crippen molar-refractivity contribution in [3.8, 4) is 0 Å². The third-order valence-corrected chi connectivity index (χ3v) is 4.20. The van der Waals surface area contributed by atoms with Gasteiger partial charge in [-0.1, -0.05) is 0 Å². The van der Waals surface area contributed by atoms with Crippen LogP contribution in [0.15, 0.2) is 21.2 Å². The summed E-state index contributed by atoms with van der Waals surface area (Å²) in [6, 6.07) is 3.46. The lowest BCUT2D eigenvalue weighted by Crippen LogP contribution is -2.48. The number of nitrogens with one attached hydrogen (secondary N) is 1. The molecule has 1 atom stereocenters. The van der Waals surface area contributed by atoms with Crippen LogP contribution in [-0.4, -0.2) is 74.1 Å². The zero-order valence-electron chi connectivity index (χ0n) is 13.4. The molecule has 2 amide bonds. The predicted octanol–water partition coefficient (Wildman–Crippen LogP) is 0.951. The third-order valence-electron chi connectivity index (χ3n) is 3.78. The molecule has 8 heteroatoms. The van der Waals surface area contributed by atoms with Gasteiger partial charge in [0.25, 0.3) is 5.91 Å². The number of rotatable bonds is 6. The van der Waals surface area contributed by atoms with Crippen LogP contribution < -0.4 is 5.32 Å². The van der Waals surface area contributed by atoms with E-state index in [1.165, 1.54) is 4.90 Å². The zero-order chi connectivity index (χ0) is 16.8. The fourth-order valence-electron chi connectivity index (χ4n) is 2.37. The Hall–Kier alpha value is -1.38. The lowest BCUT2D eigenvalue weighted by atomic mass is 10.2. The first-order chi connectivity index (χ1) is 11.0. The summed E-state index contributed by atoms with van der Waals surface area (Å²) < 4.78 is 11.0. The molecule has 1 unspecified atom stereocenters. The Kier molecular flexibility index (Phi) is 6.61. The van der Waals surface area contributed by atoms with E-state index in [0.717, 1.165) is 26.3 Å². The molecule has 1 aliphatic heterocycles. The molecule has 1 saturated heterocycles. The second kappa shape index (κ2) is 8.47. The van der Waals surface area contributed by atoms with Gasteiger partial charge in [0, 0.05) is 32.7 Å². The molecule has 1 aliphatic rings. The van der Waals surface area contributed by atoms with E-state index in [1.54, 1.807) is 19.2 Å². The number of ether oxygens (including phenoxy) is 1. The Balaban J connectivity index is 1.74. The zero-order valence-corrected chi connectivity index (χ0v) is 15.0. The van der Waals surface area contributed by atoms with Crippen LogP contribution in [0.4, 0.5) is 0 Å². The van der Waals surface area contributed by atoms with Gasteiger partial charge in [0.2, 0.25) is 5.91 Å². The number of nitrogens with zero attached hydrogens (tertiary/aromatic N) is 2. The highest BCUT2D eigenvalue weighted by Gasteiger charge is 2.20. The number of hydrogen-bond donors (Lipinski definition) is 1. The van der Waals surface area contributed by atoms with Crippen molar-refractivity contribution in [2.45, 2.75) is 13.0 Å². The van der Waals surface area contributed by atoms with Crippen molar-refractivity contribution in [3.63, 3.8) is 0 Å². The number of carbonyl (C=O) groups excluding carboxylic acids is 2. The van der Waals surface area contributed by atoms with E-state index in [-0.39, 0.29) is 30.2 Å². The van der Waals surface area contributed by atoms with E-state index in [4.69, 9.17) is 9.15 Å². The van der Waals surface area contributed by atoms with E-state index in [9.17, 15) is 9.59 Å². The predicted molar refractivity (Wildman–Crippen MR) is 88.2 cm³/mol. The van der Waals surface area contributed by atoms with Gasteiger partial charge in [-0.05, 0) is 35.0 Å². The smallest absolute Gasteiger partial charge is 0.289 e. The number of halogens is 1. The monoisotopic (exact) mass is 387 g/mol. The fourth-order valence-corrected chi connectivity index (χ4v) is 2.68. The standard InChI is InChI=1S/C15H22BrN3O4/c1-11(19-5-7-22-8-6-19)9-17-14(20)10-18(2)15(21)12-3-4-13(16)23-12/h3-4,11H,5-10H2,1-2H3,(H,17,20). The van der Waals surface area contributed by atoms with Crippen LogP contribution in [-0.2, 0) is 9.53 Å². The molecule has 0 spiro atoms. The number of furan rings is 1. The van der Waals surface area contributed by atoms with Crippen molar-refractivity contribution in [2.75, 3.05) is 46.4 Å². The third kappa shape index (κ3) is 5.33. The quantitative estimate of drug-likeness (QED) is 0.786. The molecule has 7 nitrogen and oxygen atoms in total. The Morgan fingerprint density at radius 2 is 2.09 bits per heavy atom. The first-order valence-electron chi connectivity index (χ1n) is 7.56. The van der Waals surface area contributed by atoms with Crippen LogP contribution in [0, 0.1) is 0 Å². The molecule has 2 heterocycles. The van der Waals surface area contributed by atoms with Crippen LogP contribution in [0.3, 0.4) is 0 Å². The van der Waals surface area contributed by atoms with E-state index >= 15 is 0 Å². The van der Waals surface area contributed by atoms with E-state index in [1.807, 2.05) is 0 Å². The van der Waals surface area contributed by atoms with Crippen LogP contribution in [0.1, 0.15) is 17.5 Å². The van der Waals surface area contributed by atoms with E-state index in [2.05, 4.69) is 33.1 Å². The minimum atomic E-state index is -0.327. The molecule has 0 aromatic carbocycles. The number of carbonyl (C=O) groups is 2. The highest BCUT2D eigenvalue weighted by atomic mass is 79.9. The van der Waals surface area contributed by atoms with Gasteiger partial charge in [0.05, 0.1) is 19.8 Å². The highest BCUT2D eigenvalue weighted by molar-refractivity contribution is 9.10. The molecule has 1 N–H and O–H groups in total. The molecule has 1 fully saturated rings. The second-order valence-electron chi connectivity index (χ2n) is 5.57. The summed E-state index contributed by atoms with van der Waals surface area (Å²) in [4.78, 5) is 27.7. The van der Waals surface area contributed by atoms with Gasteiger partial charge < -0.3 is 19.4 Å². The molecule has 128 valence electrons. The van der Waals surface area contributed by atoms with Gasteiger partial charge in [-0.25, -0.2) is 0 Å². The Morgan fingerprint density at radius 1 is 1.39 bits per heavy atom. The minimum Gasteiger partial charge on any atom is -0.444 e. The van der Waals surface area contributed by atoms with Gasteiger partial charge in [-0.2, -0.15) is 0 Å². The lowest BCUT2D eigenvalue weighted by Gasteiger charge is -2.32. The molecule has 2 rings (SSSR count). The van der Waals surface area contributed by atoms with Crippen molar-refractivity contribution in [1.82, 2.24) is 15.1 Å². The van der Waals surface area contributed by atoms with Crippen molar-refractivity contribution in [3.05, 3.63) is 22.6 Å². The number of morpholine rings is 1. The van der Waals surface area contributed by atoms with Crippen LogP contribution in [0.2, 0.25) is 0 Å². The van der Waals surface area contributed by atoms with Crippen molar-refractivity contribution >= 4 is 27.7 Å². The number of hydrogen-bond acceptors (Lipinski definition) is 5. The summed E-state index contributed by atoms with van der Waals surface area (Å²) in [7, 11) is 1.57. The van der Waals surface area contributed by atoms with Crippen molar-refractivity contribution in [1.29, 1.82) is 0 Å². The minimum absolute atomic E-state index is 0.00696. The average molecular weight is 388 g/mol. The maximum Gasteiger partial charge on any atom is 0.289 e. The van der Waals surface area contributed by atoms with Gasteiger partial charge in [0.15, 0.2) is 10.4 Å². The molecular formula is C15H22BrN3O4. The Bertz CT molecular complexity index is 543. The van der Waals surface area contributed by atoms with Crippen LogP contribution in [0.25, 0.3) is 0 Å². The Morgan fingerprint density at radius 3 is 2.70 bits per heavy atom. The molecule has 0 bridgehead atoms. The van der Waals surface area contributed by atoms with Crippen molar-refractivity contribution in [2.24, 2.45) is 0 Å². The molecule has 0 saturated carbocycles.